The lowest BCUT2D eigenvalue weighted by Gasteiger charge is -2.36. The minimum Gasteiger partial charge on any atom is -0.395 e. The maximum absolute atomic E-state index is 9.23. The molecule has 1 fully saturated rings. The van der Waals surface area contributed by atoms with Crippen molar-refractivity contribution in [1.82, 2.24) is 9.88 Å². The number of hydrogen-bond acceptors (Lipinski definition) is 4. The first kappa shape index (κ1) is 15.0. The van der Waals surface area contributed by atoms with Crippen molar-refractivity contribution < 1.29 is 5.11 Å². The van der Waals surface area contributed by atoms with Gasteiger partial charge in [0.25, 0.3) is 0 Å². The van der Waals surface area contributed by atoms with Crippen molar-refractivity contribution in [3.63, 3.8) is 0 Å². The normalized spacial score (nSPS) is 15.4. The number of thiazole rings is 1. The van der Waals surface area contributed by atoms with Crippen molar-refractivity contribution >= 4 is 22.9 Å². The molecule has 0 aliphatic heterocycles. The Morgan fingerprint density at radius 2 is 2.14 bits per heavy atom. The molecule has 0 spiro atoms. The zero-order valence-corrected chi connectivity index (χ0v) is 13.4. The molecule has 1 saturated carbocycles. The van der Waals surface area contributed by atoms with Crippen molar-refractivity contribution in [2.45, 2.75) is 31.8 Å². The molecule has 112 valence electrons. The van der Waals surface area contributed by atoms with Crippen LogP contribution in [0.25, 0.3) is 10.6 Å². The van der Waals surface area contributed by atoms with E-state index in [0.29, 0.717) is 6.04 Å². The van der Waals surface area contributed by atoms with Crippen LogP contribution in [-0.2, 0) is 6.54 Å². The molecular weight excluding hydrogens is 304 g/mol. The Hall–Kier alpha value is -0.940. The topological polar surface area (TPSA) is 36.4 Å². The summed E-state index contributed by atoms with van der Waals surface area (Å²) in [6.45, 7) is 1.74. The van der Waals surface area contributed by atoms with Crippen LogP contribution in [0.4, 0.5) is 0 Å². The van der Waals surface area contributed by atoms with Crippen molar-refractivity contribution in [2.75, 3.05) is 13.2 Å². The summed E-state index contributed by atoms with van der Waals surface area (Å²) in [6, 6.07) is 8.42. The Labute approximate surface area is 134 Å². The smallest absolute Gasteiger partial charge is 0.125 e. The van der Waals surface area contributed by atoms with Crippen molar-refractivity contribution in [3.8, 4) is 10.6 Å². The average molecular weight is 323 g/mol. The quantitative estimate of drug-likeness (QED) is 0.878. The summed E-state index contributed by atoms with van der Waals surface area (Å²) in [6.07, 6.45) is 3.78. The second-order valence-electron chi connectivity index (χ2n) is 5.40. The maximum Gasteiger partial charge on any atom is 0.125 e. The Morgan fingerprint density at radius 3 is 2.81 bits per heavy atom. The zero-order chi connectivity index (χ0) is 14.7. The molecule has 21 heavy (non-hydrogen) atoms. The molecule has 1 N–H and O–H groups in total. The van der Waals surface area contributed by atoms with Gasteiger partial charge in [0.05, 0.1) is 17.3 Å². The number of benzene rings is 1. The van der Waals surface area contributed by atoms with E-state index in [1.165, 1.54) is 19.3 Å². The van der Waals surface area contributed by atoms with Crippen LogP contribution in [-0.4, -0.2) is 34.2 Å². The van der Waals surface area contributed by atoms with Crippen LogP contribution in [0.2, 0.25) is 5.02 Å². The van der Waals surface area contributed by atoms with Gasteiger partial charge in [-0.3, -0.25) is 4.90 Å². The van der Waals surface area contributed by atoms with Crippen LogP contribution < -0.4 is 0 Å². The average Bonchev–Trinajstić information content (AvgIpc) is 2.86. The number of hydrogen-bond donors (Lipinski definition) is 1. The summed E-state index contributed by atoms with van der Waals surface area (Å²) >= 11 is 7.86. The molecule has 3 rings (SSSR count). The van der Waals surface area contributed by atoms with Crippen LogP contribution in [0.3, 0.4) is 0 Å². The Morgan fingerprint density at radius 1 is 1.33 bits per heavy atom. The molecule has 0 radical (unpaired) electrons. The molecule has 1 aliphatic carbocycles. The summed E-state index contributed by atoms with van der Waals surface area (Å²) in [5.74, 6) is 0. The van der Waals surface area contributed by atoms with Gasteiger partial charge in [-0.2, -0.15) is 0 Å². The highest BCUT2D eigenvalue weighted by Crippen LogP contribution is 2.31. The summed E-state index contributed by atoms with van der Waals surface area (Å²) < 4.78 is 0. The van der Waals surface area contributed by atoms with Gasteiger partial charge < -0.3 is 5.11 Å². The summed E-state index contributed by atoms with van der Waals surface area (Å²) in [5, 5.41) is 13.0. The number of aromatic nitrogens is 1. The number of nitrogens with zero attached hydrogens (tertiary/aromatic N) is 2. The summed E-state index contributed by atoms with van der Waals surface area (Å²) in [7, 11) is 0. The van der Waals surface area contributed by atoms with E-state index in [1.54, 1.807) is 11.3 Å². The maximum atomic E-state index is 9.23. The van der Waals surface area contributed by atoms with Crippen LogP contribution in [0.1, 0.15) is 25.0 Å². The van der Waals surface area contributed by atoms with Gasteiger partial charge >= 0.3 is 0 Å². The van der Waals surface area contributed by atoms with Crippen LogP contribution in [0.15, 0.2) is 29.6 Å². The largest absolute Gasteiger partial charge is 0.395 e. The Bertz CT molecular complexity index is 597. The SMILES string of the molecule is OCCN(Cc1csc(-c2ccccc2Cl)n1)C1CCC1. The molecule has 5 heteroatoms. The highest BCUT2D eigenvalue weighted by atomic mass is 35.5. The molecule has 1 aliphatic rings. The fourth-order valence-corrected chi connectivity index (χ4v) is 3.75. The fraction of sp³-hybridized carbons (Fsp3) is 0.438. The van der Waals surface area contributed by atoms with E-state index in [1.807, 2.05) is 24.3 Å². The monoisotopic (exact) mass is 322 g/mol. The summed E-state index contributed by atoms with van der Waals surface area (Å²) in [5.41, 5.74) is 2.06. The first-order valence-corrected chi connectivity index (χ1v) is 8.58. The molecule has 1 aromatic carbocycles. The number of aliphatic hydroxyl groups is 1. The van der Waals surface area contributed by atoms with Gasteiger partial charge in [0.2, 0.25) is 0 Å². The molecule has 1 aromatic heterocycles. The third-order valence-electron chi connectivity index (χ3n) is 4.00. The van der Waals surface area contributed by atoms with E-state index in [2.05, 4.69) is 10.3 Å². The van der Waals surface area contributed by atoms with Gasteiger partial charge in [0, 0.05) is 30.1 Å². The molecule has 1 heterocycles. The van der Waals surface area contributed by atoms with Crippen molar-refractivity contribution in [2.24, 2.45) is 0 Å². The van der Waals surface area contributed by atoms with Crippen LogP contribution >= 0.6 is 22.9 Å². The molecule has 0 atom stereocenters. The minimum atomic E-state index is 0.206. The molecule has 2 aromatic rings. The standard InChI is InChI=1S/C16H19ClN2OS/c17-15-7-2-1-6-14(15)16-18-12(11-21-16)10-19(8-9-20)13-4-3-5-13/h1-2,6-7,11,13,20H,3-5,8-10H2. The predicted octanol–water partition coefficient (Wildman–Crippen LogP) is 3.81. The van der Waals surface area contributed by atoms with Crippen molar-refractivity contribution in [3.05, 3.63) is 40.4 Å². The van der Waals surface area contributed by atoms with E-state index >= 15 is 0 Å². The Balaban J connectivity index is 1.73. The van der Waals surface area contributed by atoms with E-state index in [4.69, 9.17) is 16.6 Å². The molecule has 3 nitrogen and oxygen atoms in total. The molecular formula is C16H19ClN2OS. The lowest BCUT2D eigenvalue weighted by molar-refractivity contribution is 0.0935. The zero-order valence-electron chi connectivity index (χ0n) is 11.8. The first-order chi connectivity index (χ1) is 10.3. The molecule has 0 amide bonds. The number of aliphatic hydroxyl groups excluding tert-OH is 1. The number of halogens is 1. The fourth-order valence-electron chi connectivity index (χ4n) is 2.62. The van der Waals surface area contributed by atoms with Gasteiger partial charge in [0.1, 0.15) is 5.01 Å². The predicted molar refractivity (Wildman–Crippen MR) is 87.7 cm³/mol. The van der Waals surface area contributed by atoms with Crippen molar-refractivity contribution in [1.29, 1.82) is 0 Å². The molecule has 0 bridgehead atoms. The molecule has 0 unspecified atom stereocenters. The lowest BCUT2D eigenvalue weighted by Crippen LogP contribution is -2.41. The lowest BCUT2D eigenvalue weighted by atomic mass is 9.91. The van der Waals surface area contributed by atoms with E-state index in [0.717, 1.165) is 34.4 Å². The second-order valence-corrected chi connectivity index (χ2v) is 6.67. The third-order valence-corrected chi connectivity index (χ3v) is 5.25. The van der Waals surface area contributed by atoms with Gasteiger partial charge in [0.15, 0.2) is 0 Å². The van der Waals surface area contributed by atoms with Gasteiger partial charge in [-0.15, -0.1) is 11.3 Å². The van der Waals surface area contributed by atoms with Gasteiger partial charge in [-0.05, 0) is 18.9 Å². The first-order valence-electron chi connectivity index (χ1n) is 7.32. The highest BCUT2D eigenvalue weighted by molar-refractivity contribution is 7.13. The number of rotatable bonds is 6. The third kappa shape index (κ3) is 3.46. The van der Waals surface area contributed by atoms with E-state index in [9.17, 15) is 5.11 Å². The van der Waals surface area contributed by atoms with Crippen LogP contribution in [0.5, 0.6) is 0 Å². The molecule has 0 saturated heterocycles. The van der Waals surface area contributed by atoms with Crippen LogP contribution in [0, 0.1) is 0 Å². The van der Waals surface area contributed by atoms with Gasteiger partial charge in [-0.25, -0.2) is 4.98 Å². The second kappa shape index (κ2) is 6.88. The highest BCUT2D eigenvalue weighted by Gasteiger charge is 2.25. The minimum absolute atomic E-state index is 0.206. The van der Waals surface area contributed by atoms with E-state index in [-0.39, 0.29) is 6.61 Å². The summed E-state index contributed by atoms with van der Waals surface area (Å²) in [4.78, 5) is 7.06. The van der Waals surface area contributed by atoms with E-state index < -0.39 is 0 Å². The Kier molecular flexibility index (Phi) is 4.91. The van der Waals surface area contributed by atoms with Gasteiger partial charge in [-0.1, -0.05) is 36.2 Å².